The Labute approximate surface area is 196 Å². The summed E-state index contributed by atoms with van der Waals surface area (Å²) in [7, 11) is 3.91. The summed E-state index contributed by atoms with van der Waals surface area (Å²) < 4.78 is 13.6. The lowest BCUT2D eigenvalue weighted by Crippen LogP contribution is -2.43. The van der Waals surface area contributed by atoms with Crippen LogP contribution in [0.3, 0.4) is 0 Å². The molecule has 2 N–H and O–H groups in total. The minimum absolute atomic E-state index is 0.0565. The predicted octanol–water partition coefficient (Wildman–Crippen LogP) is 5.71. The van der Waals surface area contributed by atoms with Gasteiger partial charge in [0.25, 0.3) is 0 Å². The Balaban J connectivity index is 1.87. The van der Waals surface area contributed by atoms with E-state index in [1.165, 1.54) is 12.1 Å². The van der Waals surface area contributed by atoms with E-state index in [0.717, 1.165) is 36.2 Å². The maximum Gasteiger partial charge on any atom is 0.322 e. The van der Waals surface area contributed by atoms with Gasteiger partial charge in [-0.05, 0) is 67.6 Å². The van der Waals surface area contributed by atoms with Crippen molar-refractivity contribution in [2.75, 3.05) is 29.6 Å². The quantitative estimate of drug-likeness (QED) is 0.537. The van der Waals surface area contributed by atoms with E-state index in [4.69, 9.17) is 0 Å². The first-order valence-corrected chi connectivity index (χ1v) is 11.6. The SMILES string of the molecule is CC(C)C(C)N(Cc1cc(NC(=O)C2CCC2)ccc1N(C)C)C(=O)Nc1cccc(F)c1. The fourth-order valence-electron chi connectivity index (χ4n) is 3.85. The van der Waals surface area contributed by atoms with Crippen LogP contribution < -0.4 is 15.5 Å². The Morgan fingerprint density at radius 2 is 1.73 bits per heavy atom. The third-order valence-electron chi connectivity index (χ3n) is 6.44. The van der Waals surface area contributed by atoms with Crippen LogP contribution in [0.25, 0.3) is 0 Å². The van der Waals surface area contributed by atoms with Crippen molar-refractivity contribution >= 4 is 29.0 Å². The van der Waals surface area contributed by atoms with E-state index in [1.807, 2.05) is 44.1 Å². The molecule has 3 rings (SSSR count). The maximum absolute atomic E-state index is 13.6. The highest BCUT2D eigenvalue weighted by molar-refractivity contribution is 5.93. The Hall–Kier alpha value is -3.09. The number of hydrogen-bond acceptors (Lipinski definition) is 3. The zero-order valence-electron chi connectivity index (χ0n) is 20.2. The number of carbonyl (C=O) groups excluding carboxylic acids is 2. The molecule has 0 radical (unpaired) electrons. The smallest absolute Gasteiger partial charge is 0.322 e. The van der Waals surface area contributed by atoms with Crippen molar-refractivity contribution in [3.05, 3.63) is 53.8 Å². The Morgan fingerprint density at radius 1 is 1.03 bits per heavy atom. The van der Waals surface area contributed by atoms with Gasteiger partial charge in [0.2, 0.25) is 5.91 Å². The minimum Gasteiger partial charge on any atom is -0.377 e. The molecule has 1 aliphatic rings. The number of halogens is 1. The van der Waals surface area contributed by atoms with Crippen molar-refractivity contribution in [3.63, 3.8) is 0 Å². The summed E-state index contributed by atoms with van der Waals surface area (Å²) in [5, 5.41) is 5.86. The van der Waals surface area contributed by atoms with Crippen LogP contribution in [0.4, 0.5) is 26.2 Å². The summed E-state index contributed by atoms with van der Waals surface area (Å²) in [6, 6.07) is 11.3. The summed E-state index contributed by atoms with van der Waals surface area (Å²) in [4.78, 5) is 29.5. The monoisotopic (exact) mass is 454 g/mol. The average molecular weight is 455 g/mol. The van der Waals surface area contributed by atoms with Gasteiger partial charge in [-0.3, -0.25) is 4.79 Å². The summed E-state index contributed by atoms with van der Waals surface area (Å²) >= 11 is 0. The van der Waals surface area contributed by atoms with Crippen molar-refractivity contribution in [1.29, 1.82) is 0 Å². The number of amides is 3. The fraction of sp³-hybridized carbons (Fsp3) is 0.462. The Bertz CT molecular complexity index is 988. The van der Waals surface area contributed by atoms with Crippen LogP contribution in [0.1, 0.15) is 45.6 Å². The van der Waals surface area contributed by atoms with Crippen LogP contribution in [-0.4, -0.2) is 37.0 Å². The zero-order chi connectivity index (χ0) is 24.1. The molecule has 6 nitrogen and oxygen atoms in total. The van der Waals surface area contributed by atoms with Crippen LogP contribution in [0.5, 0.6) is 0 Å². The van der Waals surface area contributed by atoms with Gasteiger partial charge in [-0.2, -0.15) is 0 Å². The molecule has 2 aromatic rings. The Kier molecular flexibility index (Phi) is 7.95. The van der Waals surface area contributed by atoms with Gasteiger partial charge < -0.3 is 20.4 Å². The fourth-order valence-corrected chi connectivity index (χ4v) is 3.85. The van der Waals surface area contributed by atoms with Crippen molar-refractivity contribution in [3.8, 4) is 0 Å². The molecule has 3 amide bonds. The molecule has 7 heteroatoms. The van der Waals surface area contributed by atoms with Crippen LogP contribution in [0.15, 0.2) is 42.5 Å². The molecule has 0 aromatic heterocycles. The summed E-state index contributed by atoms with van der Waals surface area (Å²) in [5.41, 5.74) is 3.04. The lowest BCUT2D eigenvalue weighted by Gasteiger charge is -2.33. The van der Waals surface area contributed by atoms with E-state index in [9.17, 15) is 14.0 Å². The van der Waals surface area contributed by atoms with Crippen molar-refractivity contribution in [1.82, 2.24) is 4.90 Å². The summed E-state index contributed by atoms with van der Waals surface area (Å²) in [6.07, 6.45) is 2.98. The second kappa shape index (κ2) is 10.7. The first-order valence-electron chi connectivity index (χ1n) is 11.6. The molecule has 1 fully saturated rings. The number of rotatable bonds is 8. The molecule has 1 aliphatic carbocycles. The molecule has 33 heavy (non-hydrogen) atoms. The van der Waals surface area contributed by atoms with Crippen molar-refractivity contribution in [2.45, 2.75) is 52.6 Å². The van der Waals surface area contributed by atoms with Gasteiger partial charge in [-0.25, -0.2) is 9.18 Å². The predicted molar refractivity (Wildman–Crippen MR) is 132 cm³/mol. The van der Waals surface area contributed by atoms with Gasteiger partial charge in [0.1, 0.15) is 5.82 Å². The molecule has 0 bridgehead atoms. The number of carbonyl (C=O) groups is 2. The zero-order valence-corrected chi connectivity index (χ0v) is 20.2. The van der Waals surface area contributed by atoms with E-state index in [2.05, 4.69) is 24.5 Å². The highest BCUT2D eigenvalue weighted by Gasteiger charge is 2.27. The van der Waals surface area contributed by atoms with E-state index in [-0.39, 0.29) is 29.8 Å². The number of benzene rings is 2. The molecule has 0 heterocycles. The van der Waals surface area contributed by atoms with Crippen LogP contribution >= 0.6 is 0 Å². The first-order chi connectivity index (χ1) is 15.7. The first kappa shape index (κ1) is 24.6. The molecular weight excluding hydrogens is 419 g/mol. The standard InChI is InChI=1S/C26H35FN4O2/c1-17(2)18(3)31(26(33)29-22-11-7-10-21(27)15-22)16-20-14-23(12-13-24(20)30(4)5)28-25(32)19-8-6-9-19/h7,10-15,17-19H,6,8-9,16H2,1-5H3,(H,28,32)(H,29,33). The number of urea groups is 1. The third-order valence-corrected chi connectivity index (χ3v) is 6.44. The van der Waals surface area contributed by atoms with E-state index >= 15 is 0 Å². The molecule has 1 saturated carbocycles. The largest absolute Gasteiger partial charge is 0.377 e. The number of nitrogens with zero attached hydrogens (tertiary/aromatic N) is 2. The average Bonchev–Trinajstić information content (AvgIpc) is 2.69. The normalized spacial score (nSPS) is 14.4. The molecule has 0 spiro atoms. The second-order valence-electron chi connectivity index (χ2n) is 9.41. The number of hydrogen-bond donors (Lipinski definition) is 2. The lowest BCUT2D eigenvalue weighted by molar-refractivity contribution is -0.122. The van der Waals surface area contributed by atoms with Gasteiger partial charge in [-0.1, -0.05) is 26.3 Å². The van der Waals surface area contributed by atoms with E-state index < -0.39 is 5.82 Å². The summed E-state index contributed by atoms with van der Waals surface area (Å²) in [5.74, 6) is -0.0360. The minimum atomic E-state index is -0.402. The van der Waals surface area contributed by atoms with Crippen LogP contribution in [-0.2, 0) is 11.3 Å². The number of anilines is 3. The van der Waals surface area contributed by atoms with E-state index in [0.29, 0.717) is 12.2 Å². The molecule has 1 unspecified atom stereocenters. The van der Waals surface area contributed by atoms with Gasteiger partial charge in [-0.15, -0.1) is 0 Å². The molecule has 1 atom stereocenters. The molecule has 0 aliphatic heterocycles. The molecular formula is C26H35FN4O2. The summed E-state index contributed by atoms with van der Waals surface area (Å²) in [6.45, 7) is 6.49. The van der Waals surface area contributed by atoms with Crippen molar-refractivity contribution < 1.29 is 14.0 Å². The van der Waals surface area contributed by atoms with Crippen molar-refractivity contribution in [2.24, 2.45) is 11.8 Å². The maximum atomic E-state index is 13.6. The van der Waals surface area contributed by atoms with Gasteiger partial charge in [0.15, 0.2) is 0 Å². The van der Waals surface area contributed by atoms with Crippen LogP contribution in [0, 0.1) is 17.7 Å². The molecule has 178 valence electrons. The molecule has 0 saturated heterocycles. The molecule has 2 aromatic carbocycles. The van der Waals surface area contributed by atoms with E-state index in [1.54, 1.807) is 17.0 Å². The third kappa shape index (κ3) is 6.24. The topological polar surface area (TPSA) is 64.7 Å². The highest BCUT2D eigenvalue weighted by atomic mass is 19.1. The van der Waals surface area contributed by atoms with Crippen LogP contribution in [0.2, 0.25) is 0 Å². The lowest BCUT2D eigenvalue weighted by atomic mass is 9.85. The highest BCUT2D eigenvalue weighted by Crippen LogP contribution is 2.30. The Morgan fingerprint density at radius 3 is 2.30 bits per heavy atom. The van der Waals surface area contributed by atoms with Gasteiger partial charge in [0, 0.05) is 49.7 Å². The van der Waals surface area contributed by atoms with Gasteiger partial charge in [0.05, 0.1) is 0 Å². The van der Waals surface area contributed by atoms with Gasteiger partial charge >= 0.3 is 6.03 Å². The number of nitrogens with one attached hydrogen (secondary N) is 2. The second-order valence-corrected chi connectivity index (χ2v) is 9.41.